The SMILES string of the molecule is CCNC(COCCOC)c1c(F)cccc1F. The molecule has 1 N–H and O–H groups in total. The molecule has 5 heteroatoms. The minimum Gasteiger partial charge on any atom is -0.382 e. The first kappa shape index (κ1) is 15.0. The first-order valence-corrected chi connectivity index (χ1v) is 5.94. The van der Waals surface area contributed by atoms with E-state index in [1.54, 1.807) is 7.11 Å². The van der Waals surface area contributed by atoms with E-state index in [2.05, 4.69) is 5.32 Å². The van der Waals surface area contributed by atoms with Crippen LogP contribution >= 0.6 is 0 Å². The molecule has 0 bridgehead atoms. The van der Waals surface area contributed by atoms with Gasteiger partial charge < -0.3 is 14.8 Å². The van der Waals surface area contributed by atoms with E-state index in [4.69, 9.17) is 9.47 Å². The third kappa shape index (κ3) is 4.33. The summed E-state index contributed by atoms with van der Waals surface area (Å²) in [5.41, 5.74) is 0.0248. The molecule has 0 saturated carbocycles. The lowest BCUT2D eigenvalue weighted by molar-refractivity contribution is 0.0578. The monoisotopic (exact) mass is 259 g/mol. The summed E-state index contributed by atoms with van der Waals surface area (Å²) in [7, 11) is 1.57. The molecule has 0 saturated heterocycles. The predicted octanol–water partition coefficient (Wildman–Crippen LogP) is 2.28. The lowest BCUT2D eigenvalue weighted by Crippen LogP contribution is -2.27. The molecule has 0 aromatic heterocycles. The van der Waals surface area contributed by atoms with Gasteiger partial charge in [-0.1, -0.05) is 13.0 Å². The molecule has 1 rings (SSSR count). The number of likely N-dealkylation sites (N-methyl/N-ethyl adjacent to an activating group) is 1. The highest BCUT2D eigenvalue weighted by Gasteiger charge is 2.19. The van der Waals surface area contributed by atoms with Gasteiger partial charge in [-0.3, -0.25) is 0 Å². The average molecular weight is 259 g/mol. The van der Waals surface area contributed by atoms with Gasteiger partial charge in [-0.25, -0.2) is 8.78 Å². The third-order valence-corrected chi connectivity index (χ3v) is 2.52. The number of hydrogen-bond acceptors (Lipinski definition) is 3. The van der Waals surface area contributed by atoms with Gasteiger partial charge in [0.25, 0.3) is 0 Å². The van der Waals surface area contributed by atoms with Crippen molar-refractivity contribution in [1.82, 2.24) is 5.32 Å². The second-order valence-electron chi connectivity index (χ2n) is 3.81. The molecule has 0 amide bonds. The standard InChI is InChI=1S/C13H19F2NO2/c1-3-16-12(9-18-8-7-17-2)13-10(14)5-4-6-11(13)15/h4-6,12,16H,3,7-9H2,1-2H3. The molecule has 3 nitrogen and oxygen atoms in total. The number of rotatable bonds is 8. The number of hydrogen-bond donors (Lipinski definition) is 1. The Bertz CT molecular complexity index is 341. The van der Waals surface area contributed by atoms with Crippen LogP contribution < -0.4 is 5.32 Å². The summed E-state index contributed by atoms with van der Waals surface area (Å²) in [5.74, 6) is -1.12. The van der Waals surface area contributed by atoms with Crippen LogP contribution in [-0.2, 0) is 9.47 Å². The largest absolute Gasteiger partial charge is 0.382 e. The van der Waals surface area contributed by atoms with Crippen molar-refractivity contribution in [2.75, 3.05) is 33.5 Å². The molecular formula is C13H19F2NO2. The Kier molecular flexibility index (Phi) is 6.78. The van der Waals surface area contributed by atoms with Gasteiger partial charge in [0.1, 0.15) is 11.6 Å². The van der Waals surface area contributed by atoms with Crippen LogP contribution in [0.15, 0.2) is 18.2 Å². The molecule has 0 aliphatic heterocycles. The van der Waals surface area contributed by atoms with E-state index >= 15 is 0 Å². The molecule has 102 valence electrons. The van der Waals surface area contributed by atoms with Crippen LogP contribution in [-0.4, -0.2) is 33.5 Å². The van der Waals surface area contributed by atoms with E-state index < -0.39 is 17.7 Å². The smallest absolute Gasteiger partial charge is 0.131 e. The zero-order valence-electron chi connectivity index (χ0n) is 10.7. The maximum atomic E-state index is 13.6. The van der Waals surface area contributed by atoms with Gasteiger partial charge in [-0.2, -0.15) is 0 Å². The highest BCUT2D eigenvalue weighted by molar-refractivity contribution is 5.23. The van der Waals surface area contributed by atoms with E-state index in [1.165, 1.54) is 18.2 Å². The van der Waals surface area contributed by atoms with E-state index in [0.29, 0.717) is 19.8 Å². The molecule has 1 aromatic rings. The van der Waals surface area contributed by atoms with Gasteiger partial charge >= 0.3 is 0 Å². The number of nitrogens with one attached hydrogen (secondary N) is 1. The average Bonchev–Trinajstić information content (AvgIpc) is 2.34. The van der Waals surface area contributed by atoms with Crippen molar-refractivity contribution in [1.29, 1.82) is 0 Å². The topological polar surface area (TPSA) is 30.5 Å². The second kappa shape index (κ2) is 8.13. The molecule has 0 radical (unpaired) electrons. The Hall–Kier alpha value is -1.04. The number of halogens is 2. The zero-order valence-corrected chi connectivity index (χ0v) is 10.7. The molecule has 0 spiro atoms. The maximum Gasteiger partial charge on any atom is 0.131 e. The summed E-state index contributed by atoms with van der Waals surface area (Å²) < 4.78 is 37.5. The van der Waals surface area contributed by atoms with Crippen molar-refractivity contribution in [3.05, 3.63) is 35.4 Å². The summed E-state index contributed by atoms with van der Waals surface area (Å²) in [6, 6.07) is 3.35. The lowest BCUT2D eigenvalue weighted by Gasteiger charge is -2.19. The van der Waals surface area contributed by atoms with Gasteiger partial charge in [0, 0.05) is 12.7 Å². The highest BCUT2D eigenvalue weighted by atomic mass is 19.1. The maximum absolute atomic E-state index is 13.6. The first-order chi connectivity index (χ1) is 8.70. The normalized spacial score (nSPS) is 12.7. The van der Waals surface area contributed by atoms with Gasteiger partial charge in [0.2, 0.25) is 0 Å². The van der Waals surface area contributed by atoms with Crippen LogP contribution in [0, 0.1) is 11.6 Å². The van der Waals surface area contributed by atoms with E-state index in [0.717, 1.165) is 0 Å². The third-order valence-electron chi connectivity index (χ3n) is 2.52. The molecule has 0 fully saturated rings. The zero-order chi connectivity index (χ0) is 13.4. The Balaban J connectivity index is 2.71. The fourth-order valence-corrected chi connectivity index (χ4v) is 1.68. The fraction of sp³-hybridized carbons (Fsp3) is 0.538. The quantitative estimate of drug-likeness (QED) is 0.726. The van der Waals surface area contributed by atoms with Gasteiger partial charge in [0.05, 0.1) is 25.9 Å². The summed E-state index contributed by atoms with van der Waals surface area (Å²) in [4.78, 5) is 0. The molecule has 1 aromatic carbocycles. The van der Waals surface area contributed by atoms with Crippen molar-refractivity contribution >= 4 is 0 Å². The summed E-state index contributed by atoms with van der Waals surface area (Å²) >= 11 is 0. The minimum atomic E-state index is -0.559. The van der Waals surface area contributed by atoms with E-state index in [9.17, 15) is 8.78 Å². The van der Waals surface area contributed by atoms with Crippen LogP contribution in [0.1, 0.15) is 18.5 Å². The first-order valence-electron chi connectivity index (χ1n) is 5.94. The Morgan fingerprint density at radius 1 is 1.22 bits per heavy atom. The Labute approximate surface area is 106 Å². The molecule has 18 heavy (non-hydrogen) atoms. The highest BCUT2D eigenvalue weighted by Crippen LogP contribution is 2.20. The lowest BCUT2D eigenvalue weighted by atomic mass is 10.1. The van der Waals surface area contributed by atoms with Crippen molar-refractivity contribution in [3.63, 3.8) is 0 Å². The summed E-state index contributed by atoms with van der Waals surface area (Å²) in [6.45, 7) is 3.54. The summed E-state index contributed by atoms with van der Waals surface area (Å²) in [5, 5.41) is 3.01. The number of ether oxygens (including phenoxy) is 2. The van der Waals surface area contributed by atoms with Crippen LogP contribution in [0.3, 0.4) is 0 Å². The minimum absolute atomic E-state index is 0.0248. The van der Waals surface area contributed by atoms with E-state index in [-0.39, 0.29) is 12.2 Å². The second-order valence-corrected chi connectivity index (χ2v) is 3.81. The van der Waals surface area contributed by atoms with Crippen molar-refractivity contribution in [2.24, 2.45) is 0 Å². The van der Waals surface area contributed by atoms with Gasteiger partial charge in [-0.15, -0.1) is 0 Å². The number of benzene rings is 1. The van der Waals surface area contributed by atoms with Crippen molar-refractivity contribution < 1.29 is 18.3 Å². The van der Waals surface area contributed by atoms with Crippen molar-refractivity contribution in [3.8, 4) is 0 Å². The molecule has 0 aliphatic rings. The number of methoxy groups -OCH3 is 1. The summed E-state index contributed by atoms with van der Waals surface area (Å²) in [6.07, 6.45) is 0. The van der Waals surface area contributed by atoms with Crippen LogP contribution in [0.25, 0.3) is 0 Å². The van der Waals surface area contributed by atoms with Crippen molar-refractivity contribution in [2.45, 2.75) is 13.0 Å². The van der Waals surface area contributed by atoms with Gasteiger partial charge in [-0.05, 0) is 18.7 Å². The molecule has 1 atom stereocenters. The predicted molar refractivity (Wildman–Crippen MR) is 65.5 cm³/mol. The fourth-order valence-electron chi connectivity index (χ4n) is 1.68. The Morgan fingerprint density at radius 3 is 2.44 bits per heavy atom. The molecule has 0 heterocycles. The molecule has 1 unspecified atom stereocenters. The van der Waals surface area contributed by atoms with E-state index in [1.807, 2.05) is 6.92 Å². The van der Waals surface area contributed by atoms with Crippen LogP contribution in [0.2, 0.25) is 0 Å². The van der Waals surface area contributed by atoms with Crippen LogP contribution in [0.4, 0.5) is 8.78 Å². The molecule has 0 aliphatic carbocycles. The van der Waals surface area contributed by atoms with Crippen LogP contribution in [0.5, 0.6) is 0 Å². The Morgan fingerprint density at radius 2 is 1.89 bits per heavy atom. The molecular weight excluding hydrogens is 240 g/mol. The van der Waals surface area contributed by atoms with Gasteiger partial charge in [0.15, 0.2) is 0 Å².